The summed E-state index contributed by atoms with van der Waals surface area (Å²) in [5, 5.41) is 5.02. The molecule has 2 N–H and O–H groups in total. The molecule has 1 aromatic rings. The van der Waals surface area contributed by atoms with E-state index in [1.54, 1.807) is 0 Å². The van der Waals surface area contributed by atoms with E-state index in [2.05, 4.69) is 0 Å². The van der Waals surface area contributed by atoms with Gasteiger partial charge in [0.1, 0.15) is 0 Å². The van der Waals surface area contributed by atoms with Gasteiger partial charge in [0.15, 0.2) is 0 Å². The number of benzene rings is 1. The summed E-state index contributed by atoms with van der Waals surface area (Å²) < 4.78 is 22.4. The number of amides is 2. The fraction of sp³-hybridized carbons (Fsp3) is 0.429. The Balaban J connectivity index is 2.22. The predicted octanol–water partition coefficient (Wildman–Crippen LogP) is 1.40. The lowest BCUT2D eigenvalue weighted by Crippen LogP contribution is -2.30. The molecule has 0 radical (unpaired) electrons. The molecule has 1 aliphatic heterocycles. The van der Waals surface area contributed by atoms with Gasteiger partial charge in [-0.25, -0.2) is 13.6 Å². The van der Waals surface area contributed by atoms with Crippen LogP contribution in [-0.4, -0.2) is 20.2 Å². The van der Waals surface area contributed by atoms with Crippen LogP contribution in [0.1, 0.15) is 32.6 Å². The van der Waals surface area contributed by atoms with Crippen molar-refractivity contribution < 1.29 is 18.0 Å². The lowest BCUT2D eigenvalue weighted by atomic mass is 10.0. The molecule has 2 rings (SSSR count). The maximum atomic E-state index is 12.3. The molecule has 21 heavy (non-hydrogen) atoms. The Morgan fingerprint density at radius 3 is 2.38 bits per heavy atom. The molecule has 6 nitrogen and oxygen atoms in total. The molecule has 0 spiro atoms. The van der Waals surface area contributed by atoms with Crippen molar-refractivity contribution in [3.63, 3.8) is 0 Å². The van der Waals surface area contributed by atoms with E-state index in [0.29, 0.717) is 12.1 Å². The molecular formula is C14H18N2O4S. The highest BCUT2D eigenvalue weighted by Gasteiger charge is 2.38. The van der Waals surface area contributed by atoms with Crippen molar-refractivity contribution in [2.24, 2.45) is 11.1 Å². The van der Waals surface area contributed by atoms with Crippen LogP contribution in [0.5, 0.6) is 0 Å². The second-order valence-electron chi connectivity index (χ2n) is 5.15. The van der Waals surface area contributed by atoms with E-state index < -0.39 is 10.0 Å². The number of anilines is 1. The molecule has 0 saturated carbocycles. The Labute approximate surface area is 124 Å². The van der Waals surface area contributed by atoms with Gasteiger partial charge in [-0.2, -0.15) is 0 Å². The zero-order valence-electron chi connectivity index (χ0n) is 11.8. The van der Waals surface area contributed by atoms with E-state index in [0.717, 1.165) is 17.7 Å². The summed E-state index contributed by atoms with van der Waals surface area (Å²) in [4.78, 5) is 25.4. The number of hydrogen-bond donors (Lipinski definition) is 1. The number of imide groups is 1. The fourth-order valence-corrected chi connectivity index (χ4v) is 2.94. The molecule has 1 fully saturated rings. The summed E-state index contributed by atoms with van der Waals surface area (Å²) in [7, 11) is -3.78. The summed E-state index contributed by atoms with van der Waals surface area (Å²) in [5.74, 6) is -0.725. The van der Waals surface area contributed by atoms with Gasteiger partial charge in [0, 0.05) is 12.3 Å². The van der Waals surface area contributed by atoms with E-state index in [1.807, 2.05) is 6.92 Å². The van der Waals surface area contributed by atoms with Gasteiger partial charge in [0.25, 0.3) is 0 Å². The Bertz CT molecular complexity index is 652. The van der Waals surface area contributed by atoms with E-state index in [-0.39, 0.29) is 29.0 Å². The summed E-state index contributed by atoms with van der Waals surface area (Å²) in [5.41, 5.74) is 0.386. The quantitative estimate of drug-likeness (QED) is 0.831. The number of hydrogen-bond acceptors (Lipinski definition) is 4. The van der Waals surface area contributed by atoms with Gasteiger partial charge in [-0.15, -0.1) is 0 Å². The monoisotopic (exact) mass is 310 g/mol. The van der Waals surface area contributed by atoms with E-state index in [1.165, 1.54) is 24.3 Å². The topological polar surface area (TPSA) is 97.5 Å². The lowest BCUT2D eigenvalue weighted by Gasteiger charge is -2.15. The SMILES string of the molecule is CCCC[C@@H]1CC(=O)N(c2ccc(S(N)(=O)=O)cc2)C1=O. The number of nitrogens with zero attached hydrogens (tertiary/aromatic N) is 1. The molecule has 0 aliphatic carbocycles. The minimum Gasteiger partial charge on any atom is -0.274 e. The number of sulfonamides is 1. The van der Waals surface area contributed by atoms with Crippen molar-refractivity contribution in [3.05, 3.63) is 24.3 Å². The molecule has 1 aromatic carbocycles. The maximum absolute atomic E-state index is 12.3. The molecule has 0 bridgehead atoms. The van der Waals surface area contributed by atoms with Crippen molar-refractivity contribution >= 4 is 27.5 Å². The van der Waals surface area contributed by atoms with Crippen molar-refractivity contribution in [2.75, 3.05) is 4.90 Å². The number of nitrogens with two attached hydrogens (primary N) is 1. The Morgan fingerprint density at radius 1 is 1.24 bits per heavy atom. The van der Waals surface area contributed by atoms with Gasteiger partial charge >= 0.3 is 0 Å². The summed E-state index contributed by atoms with van der Waals surface area (Å²) in [6, 6.07) is 5.45. The highest BCUT2D eigenvalue weighted by Crippen LogP contribution is 2.29. The van der Waals surface area contributed by atoms with Gasteiger partial charge in [0.2, 0.25) is 21.8 Å². The number of primary sulfonamides is 1. The van der Waals surface area contributed by atoms with Crippen molar-refractivity contribution in [3.8, 4) is 0 Å². The summed E-state index contributed by atoms with van der Waals surface area (Å²) >= 11 is 0. The van der Waals surface area contributed by atoms with E-state index in [4.69, 9.17) is 5.14 Å². The van der Waals surface area contributed by atoms with Crippen LogP contribution in [0.4, 0.5) is 5.69 Å². The largest absolute Gasteiger partial charge is 0.274 e. The van der Waals surface area contributed by atoms with Gasteiger partial charge in [-0.1, -0.05) is 19.8 Å². The first kappa shape index (κ1) is 15.7. The fourth-order valence-electron chi connectivity index (χ4n) is 2.43. The van der Waals surface area contributed by atoms with Crippen molar-refractivity contribution in [1.29, 1.82) is 0 Å². The minimum atomic E-state index is -3.78. The molecule has 1 heterocycles. The van der Waals surface area contributed by atoms with Gasteiger partial charge in [0.05, 0.1) is 10.6 Å². The van der Waals surface area contributed by atoms with Crippen molar-refractivity contribution in [2.45, 2.75) is 37.5 Å². The first-order valence-corrected chi connectivity index (χ1v) is 8.39. The van der Waals surface area contributed by atoms with Gasteiger partial charge in [-0.3, -0.25) is 14.5 Å². The van der Waals surface area contributed by atoms with Crippen LogP contribution in [0.3, 0.4) is 0 Å². The van der Waals surface area contributed by atoms with E-state index in [9.17, 15) is 18.0 Å². The first-order valence-electron chi connectivity index (χ1n) is 6.84. The summed E-state index contributed by atoms with van der Waals surface area (Å²) in [6.45, 7) is 2.03. The second-order valence-corrected chi connectivity index (χ2v) is 6.71. The number of rotatable bonds is 5. The molecule has 1 aliphatic rings. The predicted molar refractivity (Wildman–Crippen MR) is 77.9 cm³/mol. The highest BCUT2D eigenvalue weighted by molar-refractivity contribution is 7.89. The van der Waals surface area contributed by atoms with Crippen molar-refractivity contribution in [1.82, 2.24) is 0 Å². The maximum Gasteiger partial charge on any atom is 0.238 e. The number of carbonyl (C=O) groups is 2. The lowest BCUT2D eigenvalue weighted by molar-refractivity contribution is -0.122. The highest BCUT2D eigenvalue weighted by atomic mass is 32.2. The molecule has 0 aromatic heterocycles. The van der Waals surface area contributed by atoms with Gasteiger partial charge in [-0.05, 0) is 30.7 Å². The Kier molecular flexibility index (Phi) is 4.43. The third-order valence-electron chi connectivity index (χ3n) is 3.57. The molecule has 1 saturated heterocycles. The average molecular weight is 310 g/mol. The second kappa shape index (κ2) is 5.95. The number of carbonyl (C=O) groups excluding carboxylic acids is 2. The van der Waals surface area contributed by atoms with Crippen LogP contribution in [0, 0.1) is 5.92 Å². The molecule has 2 amide bonds. The Hall–Kier alpha value is -1.73. The van der Waals surface area contributed by atoms with E-state index >= 15 is 0 Å². The first-order chi connectivity index (χ1) is 9.84. The van der Waals surface area contributed by atoms with Crippen LogP contribution < -0.4 is 10.0 Å². The smallest absolute Gasteiger partial charge is 0.238 e. The average Bonchev–Trinajstić information content (AvgIpc) is 2.70. The van der Waals surface area contributed by atoms with Crippen LogP contribution in [-0.2, 0) is 19.6 Å². The third-order valence-corrected chi connectivity index (χ3v) is 4.50. The normalized spacial score (nSPS) is 19.3. The standard InChI is InChI=1S/C14H18N2O4S/c1-2-3-4-10-9-13(17)16(14(10)18)11-5-7-12(8-6-11)21(15,19)20/h5-8,10H,2-4,9H2,1H3,(H2,15,19,20)/t10-/m1/s1. The minimum absolute atomic E-state index is 0.0483. The van der Waals surface area contributed by atoms with Crippen LogP contribution in [0.25, 0.3) is 0 Å². The molecule has 114 valence electrons. The molecule has 7 heteroatoms. The zero-order valence-corrected chi connectivity index (χ0v) is 12.6. The Morgan fingerprint density at radius 2 is 1.86 bits per heavy atom. The molecule has 0 unspecified atom stereocenters. The zero-order chi connectivity index (χ0) is 15.6. The molecular weight excluding hydrogens is 292 g/mol. The molecule has 1 atom stereocenters. The van der Waals surface area contributed by atoms with Crippen LogP contribution >= 0.6 is 0 Å². The third kappa shape index (κ3) is 3.30. The van der Waals surface area contributed by atoms with Crippen LogP contribution in [0.2, 0.25) is 0 Å². The van der Waals surface area contributed by atoms with Crippen LogP contribution in [0.15, 0.2) is 29.2 Å². The van der Waals surface area contributed by atoms with Gasteiger partial charge < -0.3 is 0 Å². The summed E-state index contributed by atoms with van der Waals surface area (Å²) in [6.07, 6.45) is 2.80. The number of unbranched alkanes of at least 4 members (excludes halogenated alkanes) is 1.